The molecule has 0 aromatic heterocycles. The highest BCUT2D eigenvalue weighted by molar-refractivity contribution is 5.78. The van der Waals surface area contributed by atoms with Gasteiger partial charge in [-0.2, -0.15) is 8.78 Å². The maximum Gasteiger partial charge on any atom is 0.389 e. The number of allylic oxidation sites excluding steroid dienone is 4. The molecule has 3 aromatic carbocycles. The van der Waals surface area contributed by atoms with Gasteiger partial charge in [-0.25, -0.2) is 26.3 Å². The minimum Gasteiger partial charge on any atom is -0.330 e. The molecule has 0 bridgehead atoms. The van der Waals surface area contributed by atoms with Crippen LogP contribution in [0.5, 0.6) is 0 Å². The number of rotatable bonds is 13. The van der Waals surface area contributed by atoms with Crippen LogP contribution >= 0.6 is 0 Å². The lowest BCUT2D eigenvalue weighted by Crippen LogP contribution is -2.22. The molecule has 3 rings (SSSR count). The van der Waals surface area contributed by atoms with E-state index < -0.39 is 53.2 Å². The summed E-state index contributed by atoms with van der Waals surface area (Å²) < 4.78 is 120. The second-order valence-electron chi connectivity index (χ2n) is 9.15. The highest BCUT2D eigenvalue weighted by Crippen LogP contribution is 2.37. The summed E-state index contributed by atoms with van der Waals surface area (Å²) in [6, 6.07) is 7.44. The third-order valence-corrected chi connectivity index (χ3v) is 6.32. The second kappa shape index (κ2) is 14.2. The number of alkyl halides is 2. The Morgan fingerprint density at radius 1 is 0.929 bits per heavy atom. The van der Waals surface area contributed by atoms with Crippen molar-refractivity contribution in [1.82, 2.24) is 0 Å². The minimum absolute atomic E-state index is 0.131. The Labute approximate surface area is 237 Å². The molecule has 11 heteroatoms. The van der Waals surface area contributed by atoms with Crippen LogP contribution in [0.25, 0.3) is 16.7 Å². The van der Waals surface area contributed by atoms with E-state index in [0.29, 0.717) is 42.7 Å². The Kier molecular flexibility index (Phi) is 11.0. The largest absolute Gasteiger partial charge is 0.389 e. The van der Waals surface area contributed by atoms with Crippen LogP contribution in [-0.2, 0) is 17.3 Å². The van der Waals surface area contributed by atoms with E-state index >= 15 is 0 Å². The molecule has 0 saturated heterocycles. The molecule has 3 N–H and O–H groups in total. The van der Waals surface area contributed by atoms with Gasteiger partial charge in [0.05, 0.1) is 6.61 Å². The van der Waals surface area contributed by atoms with Crippen molar-refractivity contribution in [3.8, 4) is 11.1 Å². The van der Waals surface area contributed by atoms with E-state index in [1.165, 1.54) is 18.3 Å². The standard InChI is InChI=1S/C31H26F8N2O/c1-2-3-22(20-7-9-25(33)27(35)13-20)24(32)10-11-42-31(38,39)30-28(36)14-21(15-29(30)37)23-8-6-18(12-26(23)34)4-5-19(16-40)17-41/h2-3,6-10,12-16,19,40H,1,4-5,11,17,41H2/b22-3-,24-10+,40-16?. The summed E-state index contributed by atoms with van der Waals surface area (Å²) in [6.45, 7) is 2.46. The van der Waals surface area contributed by atoms with Crippen molar-refractivity contribution in [2.24, 2.45) is 11.7 Å². The number of nitrogens with one attached hydrogen (secondary N) is 1. The summed E-state index contributed by atoms with van der Waals surface area (Å²) in [7, 11) is 0. The van der Waals surface area contributed by atoms with Crippen molar-refractivity contribution >= 4 is 11.8 Å². The van der Waals surface area contributed by atoms with Gasteiger partial charge in [0.25, 0.3) is 0 Å². The molecule has 0 radical (unpaired) electrons. The Morgan fingerprint density at radius 2 is 1.62 bits per heavy atom. The Balaban J connectivity index is 1.79. The topological polar surface area (TPSA) is 59.1 Å². The Hall–Kier alpha value is -4.09. The molecule has 0 aliphatic rings. The van der Waals surface area contributed by atoms with E-state index in [4.69, 9.17) is 11.1 Å². The van der Waals surface area contributed by atoms with E-state index in [1.54, 1.807) is 0 Å². The monoisotopic (exact) mass is 594 g/mol. The number of aryl methyl sites for hydroxylation is 1. The van der Waals surface area contributed by atoms with Gasteiger partial charge in [-0.1, -0.05) is 36.9 Å². The predicted octanol–water partition coefficient (Wildman–Crippen LogP) is 8.40. The molecule has 0 amide bonds. The molecule has 3 nitrogen and oxygen atoms in total. The molecular weight excluding hydrogens is 568 g/mol. The summed E-state index contributed by atoms with van der Waals surface area (Å²) in [5.74, 6) is -8.13. The van der Waals surface area contributed by atoms with Gasteiger partial charge in [-0.05, 0) is 72.2 Å². The predicted molar refractivity (Wildman–Crippen MR) is 145 cm³/mol. The molecule has 0 aliphatic carbocycles. The molecule has 0 spiro atoms. The molecule has 0 heterocycles. The summed E-state index contributed by atoms with van der Waals surface area (Å²) in [4.78, 5) is 0. The van der Waals surface area contributed by atoms with Crippen LogP contribution in [0.3, 0.4) is 0 Å². The highest BCUT2D eigenvalue weighted by atomic mass is 19.3. The van der Waals surface area contributed by atoms with Gasteiger partial charge in [0.2, 0.25) is 0 Å². The van der Waals surface area contributed by atoms with Crippen LogP contribution in [0, 0.1) is 40.4 Å². The lowest BCUT2D eigenvalue weighted by Gasteiger charge is -2.19. The minimum atomic E-state index is -4.56. The number of nitrogens with two attached hydrogens (primary N) is 1. The summed E-state index contributed by atoms with van der Waals surface area (Å²) in [5.41, 5.74) is 3.27. The average Bonchev–Trinajstić information content (AvgIpc) is 2.93. The number of ether oxygens (including phenoxy) is 1. The zero-order chi connectivity index (χ0) is 31.0. The van der Waals surface area contributed by atoms with Gasteiger partial charge in [0.1, 0.15) is 28.8 Å². The molecule has 0 fully saturated rings. The van der Waals surface area contributed by atoms with E-state index in [2.05, 4.69) is 11.3 Å². The van der Waals surface area contributed by atoms with E-state index in [0.717, 1.165) is 30.4 Å². The number of halogens is 8. The Morgan fingerprint density at radius 3 is 2.19 bits per heavy atom. The van der Waals surface area contributed by atoms with Gasteiger partial charge in [-0.15, -0.1) is 0 Å². The van der Waals surface area contributed by atoms with Gasteiger partial charge in [0.15, 0.2) is 11.6 Å². The first kappa shape index (κ1) is 32.4. The molecule has 0 aliphatic heterocycles. The fraction of sp³-hybridized carbons (Fsp3) is 0.194. The van der Waals surface area contributed by atoms with Gasteiger partial charge in [0, 0.05) is 23.6 Å². The van der Waals surface area contributed by atoms with Crippen LogP contribution in [0.15, 0.2) is 79.2 Å². The normalized spacial score (nSPS) is 13.3. The van der Waals surface area contributed by atoms with E-state index in [1.807, 2.05) is 0 Å². The smallest absolute Gasteiger partial charge is 0.330 e. The first-order chi connectivity index (χ1) is 19.9. The second-order valence-corrected chi connectivity index (χ2v) is 9.15. The molecule has 1 atom stereocenters. The van der Waals surface area contributed by atoms with Gasteiger partial charge < -0.3 is 15.9 Å². The lowest BCUT2D eigenvalue weighted by molar-refractivity contribution is -0.245. The number of benzene rings is 3. The SMILES string of the molecule is C=C/C=C(\C(F)=C/COC(F)(F)c1c(F)cc(-c2ccc(CCC(C=N)CN)cc2F)cc1F)c1ccc(F)c(F)c1. The molecular formula is C31H26F8N2O. The zero-order valence-electron chi connectivity index (χ0n) is 22.1. The van der Waals surface area contributed by atoms with Crippen LogP contribution in [0.4, 0.5) is 35.1 Å². The fourth-order valence-corrected chi connectivity index (χ4v) is 4.07. The number of hydrogen-bond acceptors (Lipinski definition) is 3. The molecule has 1 unspecified atom stereocenters. The number of hydrogen-bond donors (Lipinski definition) is 2. The van der Waals surface area contributed by atoms with Crippen molar-refractivity contribution in [1.29, 1.82) is 5.41 Å². The third-order valence-electron chi connectivity index (χ3n) is 6.32. The zero-order valence-corrected chi connectivity index (χ0v) is 22.1. The third kappa shape index (κ3) is 7.80. The summed E-state index contributed by atoms with van der Waals surface area (Å²) in [5, 5.41) is 7.29. The van der Waals surface area contributed by atoms with Crippen LogP contribution < -0.4 is 5.73 Å². The van der Waals surface area contributed by atoms with Gasteiger partial charge in [-0.3, -0.25) is 0 Å². The van der Waals surface area contributed by atoms with Crippen LogP contribution in [0.1, 0.15) is 23.1 Å². The molecule has 0 saturated carbocycles. The molecule has 222 valence electrons. The highest BCUT2D eigenvalue weighted by Gasteiger charge is 2.39. The maximum absolute atomic E-state index is 14.8. The molecule has 3 aromatic rings. The van der Waals surface area contributed by atoms with E-state index in [-0.39, 0.29) is 34.7 Å². The average molecular weight is 595 g/mol. The van der Waals surface area contributed by atoms with Crippen molar-refractivity contribution in [2.75, 3.05) is 13.2 Å². The maximum atomic E-state index is 14.8. The summed E-state index contributed by atoms with van der Waals surface area (Å²) >= 11 is 0. The van der Waals surface area contributed by atoms with Crippen LogP contribution in [-0.4, -0.2) is 19.4 Å². The summed E-state index contributed by atoms with van der Waals surface area (Å²) in [6.07, 6.45) is 0.221. The van der Waals surface area contributed by atoms with Gasteiger partial charge >= 0.3 is 6.11 Å². The first-order valence-corrected chi connectivity index (χ1v) is 12.6. The van der Waals surface area contributed by atoms with E-state index in [9.17, 15) is 35.1 Å². The quantitative estimate of drug-likeness (QED) is 0.119. The van der Waals surface area contributed by atoms with Crippen molar-refractivity contribution < 1.29 is 39.9 Å². The fourth-order valence-electron chi connectivity index (χ4n) is 4.07. The first-order valence-electron chi connectivity index (χ1n) is 12.6. The van der Waals surface area contributed by atoms with Crippen LogP contribution in [0.2, 0.25) is 0 Å². The lowest BCUT2D eigenvalue weighted by atomic mass is 9.97. The van der Waals surface area contributed by atoms with Crippen molar-refractivity contribution in [3.05, 3.63) is 125 Å². The Bertz CT molecular complexity index is 1490. The van der Waals surface area contributed by atoms with Crippen molar-refractivity contribution in [3.63, 3.8) is 0 Å². The van der Waals surface area contributed by atoms with Crippen molar-refractivity contribution in [2.45, 2.75) is 19.0 Å². The molecule has 42 heavy (non-hydrogen) atoms.